The number of unbranched alkanes of at least 4 members (excludes halogenated alkanes) is 3. The van der Waals surface area contributed by atoms with Crippen LogP contribution in [-0.2, 0) is 0 Å². The molecule has 0 saturated carbocycles. The molecule has 2 aromatic rings. The quantitative estimate of drug-likeness (QED) is 0.249. The van der Waals surface area contributed by atoms with Crippen molar-refractivity contribution in [1.82, 2.24) is 4.98 Å². The summed E-state index contributed by atoms with van der Waals surface area (Å²) in [6, 6.07) is 5.42. The Bertz CT molecular complexity index is 937. The fraction of sp³-hybridized carbons (Fsp3) is 0.480. The lowest BCUT2D eigenvalue weighted by Gasteiger charge is -2.14. The van der Waals surface area contributed by atoms with Crippen molar-refractivity contribution in [2.24, 2.45) is 0 Å². The van der Waals surface area contributed by atoms with Gasteiger partial charge in [0.25, 0.3) is 5.56 Å². The van der Waals surface area contributed by atoms with Crippen LogP contribution in [0.1, 0.15) is 66.2 Å². The third-order valence-electron chi connectivity index (χ3n) is 4.94. The van der Waals surface area contributed by atoms with Gasteiger partial charge in [0, 0.05) is 11.1 Å². The zero-order chi connectivity index (χ0) is 21.9. The lowest BCUT2D eigenvalue weighted by molar-refractivity contribution is 0.274. The minimum Gasteiger partial charge on any atom is -0.485 e. The number of hydrogen-bond donors (Lipinski definition) is 2. The molecule has 0 radical (unpaired) electrons. The molecule has 0 unspecified atom stereocenters. The van der Waals surface area contributed by atoms with Crippen LogP contribution in [0.4, 0.5) is 5.69 Å². The molecule has 3 N–H and O–H groups in total. The van der Waals surface area contributed by atoms with Gasteiger partial charge in [-0.1, -0.05) is 43.4 Å². The number of pyridine rings is 1. The molecular formula is C25H36N2O3. The van der Waals surface area contributed by atoms with Crippen molar-refractivity contribution in [3.05, 3.63) is 51.9 Å². The van der Waals surface area contributed by atoms with Crippen molar-refractivity contribution in [2.75, 3.05) is 18.9 Å². The summed E-state index contributed by atoms with van der Waals surface area (Å²) in [6.07, 6.45) is 10.6. The number of benzene rings is 1. The predicted octanol–water partition coefficient (Wildman–Crippen LogP) is 6.14. The Morgan fingerprint density at radius 2 is 1.87 bits per heavy atom. The standard InChI is InChI=1S/C25H36N2O3/c1-5-6-7-8-15-29-24-23(30-16-14-19(4)11-9-10-18(2)3)21-13-12-20(26)17-22(21)27-25(24)28/h10,12-14,17H,5-9,11,15-16,26H2,1-4H3,(H,27,28)/b19-14+. The molecule has 30 heavy (non-hydrogen) atoms. The number of hydrogen-bond acceptors (Lipinski definition) is 4. The van der Waals surface area contributed by atoms with Crippen LogP contribution in [0.25, 0.3) is 10.9 Å². The lowest BCUT2D eigenvalue weighted by Crippen LogP contribution is -2.15. The van der Waals surface area contributed by atoms with E-state index in [0.29, 0.717) is 30.2 Å². The topological polar surface area (TPSA) is 77.3 Å². The predicted molar refractivity (Wildman–Crippen MR) is 127 cm³/mol. The van der Waals surface area contributed by atoms with Crippen LogP contribution in [0, 0.1) is 0 Å². The third-order valence-corrected chi connectivity index (χ3v) is 4.94. The van der Waals surface area contributed by atoms with Gasteiger partial charge >= 0.3 is 0 Å². The maximum atomic E-state index is 12.7. The van der Waals surface area contributed by atoms with Crippen LogP contribution in [0.15, 0.2) is 46.3 Å². The molecule has 5 heteroatoms. The van der Waals surface area contributed by atoms with Gasteiger partial charge < -0.3 is 20.2 Å². The number of ether oxygens (including phenoxy) is 2. The molecule has 0 fully saturated rings. The second-order valence-corrected chi connectivity index (χ2v) is 8.01. The largest absolute Gasteiger partial charge is 0.485 e. The fourth-order valence-corrected chi connectivity index (χ4v) is 3.20. The second-order valence-electron chi connectivity index (χ2n) is 8.01. The van der Waals surface area contributed by atoms with Crippen molar-refractivity contribution in [3.63, 3.8) is 0 Å². The number of anilines is 1. The number of H-pyrrole nitrogens is 1. The van der Waals surface area contributed by atoms with Crippen LogP contribution in [0.5, 0.6) is 11.5 Å². The summed E-state index contributed by atoms with van der Waals surface area (Å²) < 4.78 is 11.9. The Morgan fingerprint density at radius 3 is 2.60 bits per heavy atom. The SMILES string of the molecule is CCCCCCOc1c(OC/C=C(\C)CCC=C(C)C)c2ccc(N)cc2[nH]c1=O. The average Bonchev–Trinajstić information content (AvgIpc) is 2.68. The monoisotopic (exact) mass is 412 g/mol. The Morgan fingerprint density at radius 1 is 1.07 bits per heavy atom. The zero-order valence-electron chi connectivity index (χ0n) is 18.8. The van der Waals surface area contributed by atoms with E-state index in [-0.39, 0.29) is 11.3 Å². The van der Waals surface area contributed by atoms with Gasteiger partial charge in [0.2, 0.25) is 5.75 Å². The molecule has 0 aliphatic heterocycles. The minimum absolute atomic E-state index is 0.249. The zero-order valence-corrected chi connectivity index (χ0v) is 18.8. The van der Waals surface area contributed by atoms with Gasteiger partial charge in [0.1, 0.15) is 6.61 Å². The maximum Gasteiger partial charge on any atom is 0.294 e. The van der Waals surface area contributed by atoms with Gasteiger partial charge in [-0.2, -0.15) is 0 Å². The Labute approximate surface area is 180 Å². The van der Waals surface area contributed by atoms with Crippen molar-refractivity contribution in [3.8, 4) is 11.5 Å². The number of aromatic amines is 1. The highest BCUT2D eigenvalue weighted by Crippen LogP contribution is 2.32. The van der Waals surface area contributed by atoms with Gasteiger partial charge in [-0.3, -0.25) is 4.79 Å². The first-order valence-corrected chi connectivity index (χ1v) is 10.9. The number of rotatable bonds is 12. The summed E-state index contributed by atoms with van der Waals surface area (Å²) in [6.45, 7) is 9.37. The average molecular weight is 413 g/mol. The number of nitrogens with two attached hydrogens (primary N) is 1. The number of nitrogens with one attached hydrogen (secondary N) is 1. The summed E-state index contributed by atoms with van der Waals surface area (Å²) in [5.41, 5.74) is 9.42. The summed E-state index contributed by atoms with van der Waals surface area (Å²) in [4.78, 5) is 15.5. The van der Waals surface area contributed by atoms with Crippen molar-refractivity contribution < 1.29 is 9.47 Å². The summed E-state index contributed by atoms with van der Waals surface area (Å²) >= 11 is 0. The van der Waals surface area contributed by atoms with E-state index in [4.69, 9.17) is 15.2 Å². The molecule has 1 aromatic carbocycles. The van der Waals surface area contributed by atoms with E-state index in [1.54, 1.807) is 12.1 Å². The van der Waals surface area contributed by atoms with Crippen molar-refractivity contribution in [2.45, 2.75) is 66.2 Å². The molecule has 2 rings (SSSR count). The van der Waals surface area contributed by atoms with E-state index in [1.165, 1.54) is 11.1 Å². The van der Waals surface area contributed by atoms with E-state index in [9.17, 15) is 4.79 Å². The Kier molecular flexibility index (Phi) is 9.52. The number of fused-ring (bicyclic) bond motifs is 1. The Hall–Kier alpha value is -2.69. The minimum atomic E-state index is -0.289. The molecule has 1 aromatic heterocycles. The van der Waals surface area contributed by atoms with Crippen molar-refractivity contribution >= 4 is 16.6 Å². The molecule has 0 aliphatic rings. The number of allylic oxidation sites excluding steroid dienone is 3. The van der Waals surface area contributed by atoms with Gasteiger partial charge in [-0.15, -0.1) is 0 Å². The highest BCUT2D eigenvalue weighted by atomic mass is 16.5. The molecule has 0 atom stereocenters. The highest BCUT2D eigenvalue weighted by molar-refractivity contribution is 5.89. The molecule has 0 bridgehead atoms. The Balaban J connectivity index is 2.20. The first-order valence-electron chi connectivity index (χ1n) is 10.9. The fourth-order valence-electron chi connectivity index (χ4n) is 3.20. The van der Waals surface area contributed by atoms with E-state index < -0.39 is 0 Å². The molecule has 0 aliphatic carbocycles. The molecule has 0 amide bonds. The normalized spacial score (nSPS) is 11.5. The van der Waals surface area contributed by atoms with Gasteiger partial charge in [0.15, 0.2) is 5.75 Å². The number of nitrogen functional groups attached to an aromatic ring is 1. The van der Waals surface area contributed by atoms with E-state index in [0.717, 1.165) is 43.9 Å². The van der Waals surface area contributed by atoms with Gasteiger partial charge in [0.05, 0.1) is 12.1 Å². The molecule has 1 heterocycles. The van der Waals surface area contributed by atoms with Crippen LogP contribution >= 0.6 is 0 Å². The lowest BCUT2D eigenvalue weighted by atomic mass is 10.1. The van der Waals surface area contributed by atoms with Gasteiger partial charge in [-0.25, -0.2) is 0 Å². The molecule has 0 spiro atoms. The van der Waals surface area contributed by atoms with Crippen molar-refractivity contribution in [1.29, 1.82) is 0 Å². The first-order chi connectivity index (χ1) is 14.4. The van der Waals surface area contributed by atoms with E-state index in [2.05, 4.69) is 44.8 Å². The first kappa shape index (κ1) is 23.6. The van der Waals surface area contributed by atoms with E-state index in [1.807, 2.05) is 6.07 Å². The summed E-state index contributed by atoms with van der Waals surface area (Å²) in [5, 5.41) is 0.794. The van der Waals surface area contributed by atoms with Crippen LogP contribution in [0.3, 0.4) is 0 Å². The highest BCUT2D eigenvalue weighted by Gasteiger charge is 2.16. The number of aromatic nitrogens is 1. The molecular weight excluding hydrogens is 376 g/mol. The van der Waals surface area contributed by atoms with Crippen LogP contribution in [-0.4, -0.2) is 18.2 Å². The van der Waals surface area contributed by atoms with Crippen LogP contribution < -0.4 is 20.8 Å². The smallest absolute Gasteiger partial charge is 0.294 e. The molecule has 5 nitrogen and oxygen atoms in total. The molecule has 164 valence electrons. The maximum absolute atomic E-state index is 12.7. The second kappa shape index (κ2) is 12.1. The molecule has 0 saturated heterocycles. The summed E-state index contributed by atoms with van der Waals surface area (Å²) in [7, 11) is 0. The van der Waals surface area contributed by atoms with E-state index >= 15 is 0 Å². The summed E-state index contributed by atoms with van der Waals surface area (Å²) in [5.74, 6) is 0.733. The third kappa shape index (κ3) is 7.29. The van der Waals surface area contributed by atoms with Crippen LogP contribution in [0.2, 0.25) is 0 Å². The van der Waals surface area contributed by atoms with Gasteiger partial charge in [-0.05, 0) is 64.3 Å².